The number of rotatable bonds is 7. The van der Waals surface area contributed by atoms with E-state index in [4.69, 9.17) is 4.42 Å². The van der Waals surface area contributed by atoms with Gasteiger partial charge in [-0.3, -0.25) is 0 Å². The molecule has 5 heteroatoms. The minimum absolute atomic E-state index is 0.504. The van der Waals surface area contributed by atoms with Gasteiger partial charge >= 0.3 is 0 Å². The Bertz CT molecular complexity index is 275. The van der Waals surface area contributed by atoms with Gasteiger partial charge in [0.1, 0.15) is 0 Å². The molecule has 1 aromatic rings. The van der Waals surface area contributed by atoms with E-state index in [2.05, 4.69) is 35.6 Å². The summed E-state index contributed by atoms with van der Waals surface area (Å²) in [7, 11) is 0. The Balaban J connectivity index is 2.26. The molecule has 86 valence electrons. The molecule has 0 fully saturated rings. The Morgan fingerprint density at radius 2 is 1.93 bits per heavy atom. The molecule has 0 aromatic carbocycles. The first-order valence-electron chi connectivity index (χ1n) is 5.26. The van der Waals surface area contributed by atoms with Crippen molar-refractivity contribution in [2.75, 3.05) is 18.6 Å². The molecule has 0 atom stereocenters. The molecule has 15 heavy (non-hydrogen) atoms. The van der Waals surface area contributed by atoms with Crippen molar-refractivity contribution in [2.24, 2.45) is 0 Å². The zero-order chi connectivity index (χ0) is 11.1. The van der Waals surface area contributed by atoms with Crippen LogP contribution in [-0.2, 0) is 12.8 Å². The quantitative estimate of drug-likeness (QED) is 0.768. The van der Waals surface area contributed by atoms with E-state index in [1.165, 1.54) is 0 Å². The van der Waals surface area contributed by atoms with Crippen molar-refractivity contribution in [1.29, 1.82) is 0 Å². The third-order valence-corrected chi connectivity index (χ3v) is 2.53. The predicted molar refractivity (Wildman–Crippen MR) is 63.2 cm³/mol. The highest BCUT2D eigenvalue weighted by atomic mass is 32.2. The molecule has 0 unspecified atom stereocenters. The lowest BCUT2D eigenvalue weighted by molar-refractivity contribution is 0.444. The number of aryl methyl sites for hydroxylation is 1. The maximum atomic E-state index is 5.49. The van der Waals surface area contributed by atoms with Gasteiger partial charge in [-0.05, 0) is 6.26 Å². The van der Waals surface area contributed by atoms with Crippen LogP contribution in [0.25, 0.3) is 0 Å². The monoisotopic (exact) mass is 229 g/mol. The van der Waals surface area contributed by atoms with Crippen LogP contribution >= 0.6 is 11.8 Å². The Hall–Kier alpha value is -0.550. The van der Waals surface area contributed by atoms with Crippen LogP contribution in [0, 0.1) is 0 Å². The minimum atomic E-state index is 0.504. The number of thioether (sulfide) groups is 1. The van der Waals surface area contributed by atoms with Gasteiger partial charge in [-0.1, -0.05) is 13.8 Å². The molecule has 0 amide bonds. The van der Waals surface area contributed by atoms with Gasteiger partial charge in [-0.15, -0.1) is 10.2 Å². The lowest BCUT2D eigenvalue weighted by Gasteiger charge is -2.04. The van der Waals surface area contributed by atoms with Gasteiger partial charge in [-0.2, -0.15) is 11.8 Å². The summed E-state index contributed by atoms with van der Waals surface area (Å²) >= 11 is 1.79. The Kier molecular flexibility index (Phi) is 5.71. The highest BCUT2D eigenvalue weighted by Gasteiger charge is 2.05. The van der Waals surface area contributed by atoms with Crippen LogP contribution in [0.15, 0.2) is 4.42 Å². The molecule has 4 nitrogen and oxygen atoms in total. The number of nitrogens with one attached hydrogen (secondary N) is 1. The van der Waals surface area contributed by atoms with Gasteiger partial charge in [0.05, 0.1) is 0 Å². The van der Waals surface area contributed by atoms with Gasteiger partial charge in [0.2, 0.25) is 11.8 Å². The smallest absolute Gasteiger partial charge is 0.217 e. The Morgan fingerprint density at radius 3 is 2.53 bits per heavy atom. The second-order valence-corrected chi connectivity index (χ2v) is 4.68. The zero-order valence-electron chi connectivity index (χ0n) is 9.62. The molecule has 0 aliphatic rings. The molecular formula is C10H19N3OS. The standard InChI is InChI=1S/C10H19N3OS/c1-8(2)11-6-4-9-12-13-10(14-9)5-7-15-3/h8,11H,4-7H2,1-3H3. The van der Waals surface area contributed by atoms with Crippen LogP contribution in [0.4, 0.5) is 0 Å². The molecule has 1 N–H and O–H groups in total. The maximum absolute atomic E-state index is 5.49. The van der Waals surface area contributed by atoms with E-state index in [0.29, 0.717) is 6.04 Å². The third kappa shape index (κ3) is 5.18. The molecule has 0 saturated heterocycles. The van der Waals surface area contributed by atoms with E-state index in [-0.39, 0.29) is 0 Å². The van der Waals surface area contributed by atoms with Crippen LogP contribution in [0.5, 0.6) is 0 Å². The molecular weight excluding hydrogens is 210 g/mol. The first-order valence-corrected chi connectivity index (χ1v) is 6.65. The van der Waals surface area contributed by atoms with Crippen molar-refractivity contribution < 1.29 is 4.42 Å². The van der Waals surface area contributed by atoms with E-state index in [0.717, 1.165) is 36.9 Å². The van der Waals surface area contributed by atoms with Gasteiger partial charge in [0, 0.05) is 31.2 Å². The Labute approximate surface area is 95.2 Å². The lowest BCUT2D eigenvalue weighted by Crippen LogP contribution is -2.25. The van der Waals surface area contributed by atoms with Crippen LogP contribution in [0.1, 0.15) is 25.6 Å². The summed E-state index contributed by atoms with van der Waals surface area (Å²) in [5, 5.41) is 11.3. The van der Waals surface area contributed by atoms with Gasteiger partial charge in [-0.25, -0.2) is 0 Å². The Morgan fingerprint density at radius 1 is 1.27 bits per heavy atom. The number of nitrogens with zero attached hydrogens (tertiary/aromatic N) is 2. The van der Waals surface area contributed by atoms with E-state index in [1.807, 2.05) is 0 Å². The highest BCUT2D eigenvalue weighted by Crippen LogP contribution is 2.04. The summed E-state index contributed by atoms with van der Waals surface area (Å²) in [5.74, 6) is 2.52. The molecule has 0 saturated carbocycles. The van der Waals surface area contributed by atoms with Crippen molar-refractivity contribution in [3.63, 3.8) is 0 Å². The number of hydrogen-bond donors (Lipinski definition) is 1. The van der Waals surface area contributed by atoms with Crippen LogP contribution in [-0.4, -0.2) is 34.8 Å². The first kappa shape index (κ1) is 12.5. The number of aromatic nitrogens is 2. The largest absolute Gasteiger partial charge is 0.425 e. The van der Waals surface area contributed by atoms with Gasteiger partial charge < -0.3 is 9.73 Å². The second-order valence-electron chi connectivity index (χ2n) is 3.69. The van der Waals surface area contributed by atoms with E-state index in [1.54, 1.807) is 11.8 Å². The fourth-order valence-corrected chi connectivity index (χ4v) is 1.53. The van der Waals surface area contributed by atoms with Crippen molar-refractivity contribution in [3.05, 3.63) is 11.8 Å². The van der Waals surface area contributed by atoms with Crippen LogP contribution < -0.4 is 5.32 Å². The number of hydrogen-bond acceptors (Lipinski definition) is 5. The molecule has 1 rings (SSSR count). The fraction of sp³-hybridized carbons (Fsp3) is 0.800. The average Bonchev–Trinajstić information content (AvgIpc) is 2.62. The minimum Gasteiger partial charge on any atom is -0.425 e. The maximum Gasteiger partial charge on any atom is 0.217 e. The van der Waals surface area contributed by atoms with E-state index in [9.17, 15) is 0 Å². The SMILES string of the molecule is CSCCc1nnc(CCNC(C)C)o1. The molecule has 1 heterocycles. The molecule has 0 bridgehead atoms. The topological polar surface area (TPSA) is 51.0 Å². The summed E-state index contributed by atoms with van der Waals surface area (Å²) in [4.78, 5) is 0. The van der Waals surface area contributed by atoms with Crippen molar-refractivity contribution in [3.8, 4) is 0 Å². The van der Waals surface area contributed by atoms with Crippen molar-refractivity contribution in [1.82, 2.24) is 15.5 Å². The van der Waals surface area contributed by atoms with Crippen LogP contribution in [0.2, 0.25) is 0 Å². The van der Waals surface area contributed by atoms with Crippen LogP contribution in [0.3, 0.4) is 0 Å². The molecule has 0 aliphatic heterocycles. The molecule has 0 aliphatic carbocycles. The average molecular weight is 229 g/mol. The third-order valence-electron chi connectivity index (χ3n) is 1.92. The highest BCUT2D eigenvalue weighted by molar-refractivity contribution is 7.98. The van der Waals surface area contributed by atoms with Gasteiger partial charge in [0.15, 0.2) is 0 Å². The summed E-state index contributed by atoms with van der Waals surface area (Å²) in [6.07, 6.45) is 3.75. The van der Waals surface area contributed by atoms with Gasteiger partial charge in [0.25, 0.3) is 0 Å². The van der Waals surface area contributed by atoms with Crippen molar-refractivity contribution in [2.45, 2.75) is 32.7 Å². The zero-order valence-corrected chi connectivity index (χ0v) is 10.4. The molecule has 0 spiro atoms. The fourth-order valence-electron chi connectivity index (χ4n) is 1.15. The predicted octanol–water partition coefficient (Wildman–Crippen LogP) is 1.52. The summed E-state index contributed by atoms with van der Waals surface area (Å²) < 4.78 is 5.49. The summed E-state index contributed by atoms with van der Waals surface area (Å²) in [6, 6.07) is 0.504. The molecule has 1 aromatic heterocycles. The lowest BCUT2D eigenvalue weighted by atomic mass is 10.3. The van der Waals surface area contributed by atoms with Crippen molar-refractivity contribution >= 4 is 11.8 Å². The normalized spacial score (nSPS) is 11.2. The second kappa shape index (κ2) is 6.85. The summed E-state index contributed by atoms with van der Waals surface area (Å²) in [6.45, 7) is 5.14. The first-order chi connectivity index (χ1) is 7.22. The van der Waals surface area contributed by atoms with E-state index < -0.39 is 0 Å². The summed E-state index contributed by atoms with van der Waals surface area (Å²) in [5.41, 5.74) is 0. The molecule has 0 radical (unpaired) electrons. The van der Waals surface area contributed by atoms with E-state index >= 15 is 0 Å².